The number of carbonyl (C=O) groups is 1. The molecule has 0 aromatic carbocycles. The third-order valence-corrected chi connectivity index (χ3v) is 1.34. The summed E-state index contributed by atoms with van der Waals surface area (Å²) in [5, 5.41) is 2.69. The molecule has 3 nitrogen and oxygen atoms in total. The van der Waals surface area contributed by atoms with Gasteiger partial charge in [0, 0.05) is 6.54 Å². The van der Waals surface area contributed by atoms with Crippen LogP contribution in [-0.2, 0) is 4.74 Å². The lowest BCUT2D eigenvalue weighted by Crippen LogP contribution is -2.32. The molecule has 77 valence electrons. The van der Waals surface area contributed by atoms with Crippen LogP contribution in [-0.4, -0.2) is 18.2 Å². The third kappa shape index (κ3) is 9.18. The van der Waals surface area contributed by atoms with Crippen molar-refractivity contribution >= 4 is 6.09 Å². The monoisotopic (exact) mass is 186 g/mol. The van der Waals surface area contributed by atoms with Crippen LogP contribution in [0.4, 0.5) is 4.79 Å². The van der Waals surface area contributed by atoms with Gasteiger partial charge in [0.25, 0.3) is 0 Å². The van der Waals surface area contributed by atoms with Gasteiger partial charge in [0.15, 0.2) is 0 Å². The minimum atomic E-state index is -0.406. The lowest BCUT2D eigenvalue weighted by Gasteiger charge is -2.19. The Morgan fingerprint density at radius 2 is 2.00 bits per heavy atom. The van der Waals surface area contributed by atoms with E-state index in [1.807, 2.05) is 20.8 Å². The van der Waals surface area contributed by atoms with Gasteiger partial charge < -0.3 is 10.1 Å². The lowest BCUT2D eigenvalue weighted by atomic mass is 10.2. The Morgan fingerprint density at radius 1 is 1.38 bits per heavy atom. The zero-order chi connectivity index (χ0) is 10.3. The first kappa shape index (κ1) is 12.3. The minimum absolute atomic E-state index is 0.337. The molecule has 0 heterocycles. The second-order valence-corrected chi connectivity index (χ2v) is 3.99. The summed E-state index contributed by atoms with van der Waals surface area (Å²) in [7, 11) is 0. The fraction of sp³-hybridized carbons (Fsp3) is 0.800. The number of nitrogens with one attached hydrogen (secondary N) is 1. The van der Waals surface area contributed by atoms with E-state index in [-0.39, 0.29) is 6.09 Å². The normalized spacial score (nSPS) is 11.1. The molecule has 0 aliphatic rings. The van der Waals surface area contributed by atoms with Crippen molar-refractivity contribution in [2.75, 3.05) is 6.54 Å². The van der Waals surface area contributed by atoms with E-state index in [9.17, 15) is 4.79 Å². The highest BCUT2D eigenvalue weighted by Gasteiger charge is 2.15. The van der Waals surface area contributed by atoms with Gasteiger partial charge in [-0.2, -0.15) is 0 Å². The number of ether oxygens (including phenoxy) is 1. The van der Waals surface area contributed by atoms with Crippen LogP contribution in [0.25, 0.3) is 0 Å². The number of alkyl carbamates (subject to hydrolysis) is 1. The standard InChI is InChI=1S/C10H20NO2/c1-5-6-7-8-11-9(12)13-10(2,3)4/h1,5-8H2,2-4H3,(H,11,12). The molecule has 1 N–H and O–H groups in total. The predicted molar refractivity (Wildman–Crippen MR) is 53.4 cm³/mol. The fourth-order valence-corrected chi connectivity index (χ4v) is 0.806. The zero-order valence-electron chi connectivity index (χ0n) is 8.85. The van der Waals surface area contributed by atoms with Crippen molar-refractivity contribution in [3.8, 4) is 0 Å². The molecule has 0 bridgehead atoms. The van der Waals surface area contributed by atoms with Crippen molar-refractivity contribution in [2.24, 2.45) is 0 Å². The van der Waals surface area contributed by atoms with E-state index in [0.29, 0.717) is 6.54 Å². The van der Waals surface area contributed by atoms with Gasteiger partial charge in [0.1, 0.15) is 5.60 Å². The molecule has 0 spiro atoms. The maximum absolute atomic E-state index is 11.1. The largest absolute Gasteiger partial charge is 0.444 e. The van der Waals surface area contributed by atoms with Gasteiger partial charge >= 0.3 is 6.09 Å². The van der Waals surface area contributed by atoms with Crippen molar-refractivity contribution in [3.63, 3.8) is 0 Å². The molecule has 0 saturated carbocycles. The van der Waals surface area contributed by atoms with Crippen molar-refractivity contribution in [2.45, 2.75) is 45.6 Å². The molecule has 0 rings (SSSR count). The molecule has 1 amide bonds. The van der Waals surface area contributed by atoms with E-state index in [1.54, 1.807) is 0 Å². The highest BCUT2D eigenvalue weighted by Crippen LogP contribution is 2.06. The van der Waals surface area contributed by atoms with Crippen LogP contribution in [0.1, 0.15) is 40.0 Å². The average molecular weight is 186 g/mol. The topological polar surface area (TPSA) is 38.3 Å². The maximum Gasteiger partial charge on any atom is 0.407 e. The summed E-state index contributed by atoms with van der Waals surface area (Å²) < 4.78 is 5.05. The van der Waals surface area contributed by atoms with Crippen molar-refractivity contribution in [3.05, 3.63) is 6.92 Å². The van der Waals surface area contributed by atoms with Crippen LogP contribution in [0.3, 0.4) is 0 Å². The maximum atomic E-state index is 11.1. The van der Waals surface area contributed by atoms with Gasteiger partial charge in [-0.1, -0.05) is 19.8 Å². The number of hydrogen-bond acceptors (Lipinski definition) is 2. The molecule has 0 atom stereocenters. The first-order valence-corrected chi connectivity index (χ1v) is 4.72. The molecule has 0 aliphatic heterocycles. The van der Waals surface area contributed by atoms with E-state index >= 15 is 0 Å². The molecule has 0 fully saturated rings. The van der Waals surface area contributed by atoms with Crippen LogP contribution in [0, 0.1) is 6.92 Å². The second kappa shape index (κ2) is 5.84. The van der Waals surface area contributed by atoms with E-state index in [1.165, 1.54) is 0 Å². The summed E-state index contributed by atoms with van der Waals surface area (Å²) in [6, 6.07) is 0. The highest BCUT2D eigenvalue weighted by atomic mass is 16.6. The Bertz CT molecular complexity index is 149. The number of carbonyl (C=O) groups excluding carboxylic acids is 1. The molecule has 0 aromatic rings. The van der Waals surface area contributed by atoms with Crippen LogP contribution >= 0.6 is 0 Å². The summed E-state index contributed by atoms with van der Waals surface area (Å²) in [5.41, 5.74) is -0.406. The molecule has 1 radical (unpaired) electrons. The Kier molecular flexibility index (Phi) is 5.51. The Balaban J connectivity index is 3.41. The van der Waals surface area contributed by atoms with Crippen LogP contribution in [0.2, 0.25) is 0 Å². The Morgan fingerprint density at radius 3 is 2.46 bits per heavy atom. The molecule has 0 saturated heterocycles. The number of amides is 1. The quantitative estimate of drug-likeness (QED) is 0.685. The summed E-state index contributed by atoms with van der Waals surface area (Å²) in [6.45, 7) is 9.94. The summed E-state index contributed by atoms with van der Waals surface area (Å²) in [4.78, 5) is 11.1. The smallest absolute Gasteiger partial charge is 0.407 e. The first-order valence-electron chi connectivity index (χ1n) is 4.72. The van der Waals surface area contributed by atoms with E-state index < -0.39 is 5.60 Å². The van der Waals surface area contributed by atoms with Gasteiger partial charge in [-0.3, -0.25) is 0 Å². The lowest BCUT2D eigenvalue weighted by molar-refractivity contribution is 0.0527. The number of rotatable bonds is 4. The van der Waals surface area contributed by atoms with Gasteiger partial charge in [-0.15, -0.1) is 0 Å². The fourth-order valence-electron chi connectivity index (χ4n) is 0.806. The molecule has 0 aromatic heterocycles. The van der Waals surface area contributed by atoms with Crippen molar-refractivity contribution < 1.29 is 9.53 Å². The molecule has 0 aliphatic carbocycles. The zero-order valence-corrected chi connectivity index (χ0v) is 8.85. The summed E-state index contributed by atoms with van der Waals surface area (Å²) in [5.74, 6) is 0. The number of hydrogen-bond donors (Lipinski definition) is 1. The van der Waals surface area contributed by atoms with E-state index in [0.717, 1.165) is 19.3 Å². The average Bonchev–Trinajstić information content (AvgIpc) is 1.94. The van der Waals surface area contributed by atoms with Crippen LogP contribution in [0.5, 0.6) is 0 Å². The Hall–Kier alpha value is -0.730. The second-order valence-electron chi connectivity index (χ2n) is 3.99. The predicted octanol–water partition coefficient (Wildman–Crippen LogP) is 2.52. The molecule has 0 unspecified atom stereocenters. The minimum Gasteiger partial charge on any atom is -0.444 e. The SMILES string of the molecule is [CH2]CCCCNC(=O)OC(C)(C)C. The third-order valence-electron chi connectivity index (χ3n) is 1.34. The molecule has 13 heavy (non-hydrogen) atoms. The molecule has 3 heteroatoms. The van der Waals surface area contributed by atoms with Crippen molar-refractivity contribution in [1.82, 2.24) is 5.32 Å². The van der Waals surface area contributed by atoms with Crippen molar-refractivity contribution in [1.29, 1.82) is 0 Å². The van der Waals surface area contributed by atoms with Crippen LogP contribution < -0.4 is 5.32 Å². The highest BCUT2D eigenvalue weighted by molar-refractivity contribution is 5.67. The van der Waals surface area contributed by atoms with Gasteiger partial charge in [0.05, 0.1) is 0 Å². The summed E-state index contributed by atoms with van der Waals surface area (Å²) >= 11 is 0. The van der Waals surface area contributed by atoms with E-state index in [4.69, 9.17) is 4.74 Å². The van der Waals surface area contributed by atoms with Gasteiger partial charge in [0.2, 0.25) is 0 Å². The van der Waals surface area contributed by atoms with Gasteiger partial charge in [-0.25, -0.2) is 4.79 Å². The van der Waals surface area contributed by atoms with Gasteiger partial charge in [-0.05, 0) is 27.2 Å². The van der Waals surface area contributed by atoms with E-state index in [2.05, 4.69) is 12.2 Å². The molecular weight excluding hydrogens is 166 g/mol. The van der Waals surface area contributed by atoms with Crippen LogP contribution in [0.15, 0.2) is 0 Å². The summed E-state index contributed by atoms with van der Waals surface area (Å²) in [6.07, 6.45) is 2.57. The number of unbranched alkanes of at least 4 members (excludes halogenated alkanes) is 2. The first-order chi connectivity index (χ1) is 5.95. The molecular formula is C10H20NO2. The Labute approximate surface area is 80.8 Å².